The van der Waals surface area contributed by atoms with Crippen molar-refractivity contribution in [3.05, 3.63) is 24.3 Å². The highest BCUT2D eigenvalue weighted by Gasteiger charge is 2.29. The van der Waals surface area contributed by atoms with Crippen LogP contribution in [0, 0.1) is 5.92 Å². The van der Waals surface area contributed by atoms with Gasteiger partial charge in [-0.15, -0.1) is 0 Å². The highest BCUT2D eigenvalue weighted by molar-refractivity contribution is 8.00. The fourth-order valence-electron chi connectivity index (χ4n) is 2.36. The number of nitrogens with one attached hydrogen (secondary N) is 2. The van der Waals surface area contributed by atoms with Gasteiger partial charge in [-0.3, -0.25) is 4.79 Å². The Labute approximate surface area is 125 Å². The zero-order valence-electron chi connectivity index (χ0n) is 11.5. The minimum atomic E-state index is -4.30. The van der Waals surface area contributed by atoms with E-state index in [1.807, 2.05) is 6.92 Å². The van der Waals surface area contributed by atoms with Crippen molar-refractivity contribution in [3.8, 4) is 0 Å². The molecule has 0 aromatic heterocycles. The Morgan fingerprint density at radius 2 is 2.00 bits per heavy atom. The highest BCUT2D eigenvalue weighted by atomic mass is 32.2. The molecule has 0 aliphatic carbocycles. The zero-order chi connectivity index (χ0) is 15.5. The quantitative estimate of drug-likeness (QED) is 0.836. The van der Waals surface area contributed by atoms with Gasteiger partial charge >= 0.3 is 5.51 Å². The molecule has 21 heavy (non-hydrogen) atoms. The molecule has 1 saturated heterocycles. The lowest BCUT2D eigenvalue weighted by molar-refractivity contribution is -0.119. The van der Waals surface area contributed by atoms with E-state index in [-0.39, 0.29) is 34.5 Å². The molecule has 1 amide bonds. The SMILES string of the molecule is CC1CCCNC1C(=O)Nc1ccc(SC(F)(F)F)cc1. The molecule has 0 radical (unpaired) electrons. The lowest BCUT2D eigenvalue weighted by Crippen LogP contribution is -2.48. The molecule has 1 aromatic carbocycles. The van der Waals surface area contributed by atoms with Crippen molar-refractivity contribution >= 4 is 23.4 Å². The highest BCUT2D eigenvalue weighted by Crippen LogP contribution is 2.37. The van der Waals surface area contributed by atoms with Gasteiger partial charge in [0.2, 0.25) is 5.91 Å². The van der Waals surface area contributed by atoms with Crippen molar-refractivity contribution in [2.75, 3.05) is 11.9 Å². The van der Waals surface area contributed by atoms with Gasteiger partial charge < -0.3 is 10.6 Å². The van der Waals surface area contributed by atoms with Crippen molar-refractivity contribution in [2.24, 2.45) is 5.92 Å². The van der Waals surface area contributed by atoms with Crippen LogP contribution in [0.15, 0.2) is 29.2 Å². The molecule has 1 aromatic rings. The molecule has 2 unspecified atom stereocenters. The van der Waals surface area contributed by atoms with Crippen molar-refractivity contribution in [2.45, 2.75) is 36.2 Å². The lowest BCUT2D eigenvalue weighted by Gasteiger charge is -2.28. The Kier molecular flexibility index (Phi) is 5.16. The maximum atomic E-state index is 12.2. The van der Waals surface area contributed by atoms with Crippen molar-refractivity contribution < 1.29 is 18.0 Å². The number of alkyl halides is 3. The molecule has 2 N–H and O–H groups in total. The summed E-state index contributed by atoms with van der Waals surface area (Å²) in [4.78, 5) is 12.2. The molecule has 1 aliphatic rings. The number of halogens is 3. The molecule has 0 spiro atoms. The molecule has 3 nitrogen and oxygen atoms in total. The van der Waals surface area contributed by atoms with Crippen molar-refractivity contribution in [1.29, 1.82) is 0 Å². The molecule has 0 saturated carbocycles. The molecule has 7 heteroatoms. The van der Waals surface area contributed by atoms with E-state index in [1.54, 1.807) is 0 Å². The van der Waals surface area contributed by atoms with Crippen LogP contribution in [0.3, 0.4) is 0 Å². The first-order chi connectivity index (χ1) is 9.85. The number of carbonyl (C=O) groups excluding carboxylic acids is 1. The van der Waals surface area contributed by atoms with Crippen LogP contribution in [0.5, 0.6) is 0 Å². The van der Waals surface area contributed by atoms with E-state index in [2.05, 4.69) is 10.6 Å². The number of amides is 1. The standard InChI is InChI=1S/C14H17F3N2OS/c1-9-3-2-8-18-12(9)13(20)19-10-4-6-11(7-5-10)21-14(15,16)17/h4-7,9,12,18H,2-3,8H2,1H3,(H,19,20). The minimum Gasteiger partial charge on any atom is -0.325 e. The van der Waals surface area contributed by atoms with Gasteiger partial charge in [0.25, 0.3) is 0 Å². The average molecular weight is 318 g/mol. The Hall–Kier alpha value is -1.21. The maximum Gasteiger partial charge on any atom is 0.446 e. The molecule has 2 atom stereocenters. The zero-order valence-corrected chi connectivity index (χ0v) is 12.4. The third-order valence-electron chi connectivity index (χ3n) is 3.41. The predicted octanol–water partition coefficient (Wildman–Crippen LogP) is 3.63. The first kappa shape index (κ1) is 16.2. The lowest BCUT2D eigenvalue weighted by atomic mass is 9.92. The summed E-state index contributed by atoms with van der Waals surface area (Å²) in [5.41, 5.74) is -3.79. The van der Waals surface area contributed by atoms with Gasteiger partial charge in [-0.1, -0.05) is 6.92 Å². The third kappa shape index (κ3) is 4.93. The second-order valence-corrected chi connectivity index (χ2v) is 6.25. The fraction of sp³-hybridized carbons (Fsp3) is 0.500. The number of benzene rings is 1. The van der Waals surface area contributed by atoms with E-state index >= 15 is 0 Å². The summed E-state index contributed by atoms with van der Waals surface area (Å²) >= 11 is -0.168. The molecule has 0 bridgehead atoms. The summed E-state index contributed by atoms with van der Waals surface area (Å²) in [5, 5.41) is 5.91. The van der Waals surface area contributed by atoms with Gasteiger partial charge in [0, 0.05) is 10.6 Å². The van der Waals surface area contributed by atoms with Gasteiger partial charge in [-0.05, 0) is 61.3 Å². The first-order valence-corrected chi connectivity index (χ1v) is 7.57. The first-order valence-electron chi connectivity index (χ1n) is 6.75. The van der Waals surface area contributed by atoms with Crippen LogP contribution in [-0.2, 0) is 4.79 Å². The summed E-state index contributed by atoms with van der Waals surface area (Å²) in [5.74, 6) is 0.109. The Bertz CT molecular complexity index is 490. The van der Waals surface area contributed by atoms with E-state index in [1.165, 1.54) is 24.3 Å². The smallest absolute Gasteiger partial charge is 0.325 e. The second kappa shape index (κ2) is 6.70. The largest absolute Gasteiger partial charge is 0.446 e. The number of hydrogen-bond acceptors (Lipinski definition) is 3. The number of hydrogen-bond donors (Lipinski definition) is 2. The molecule has 1 aliphatic heterocycles. The Morgan fingerprint density at radius 3 is 2.57 bits per heavy atom. The van der Waals surface area contributed by atoms with Crippen molar-refractivity contribution in [3.63, 3.8) is 0 Å². The van der Waals surface area contributed by atoms with E-state index in [0.29, 0.717) is 5.69 Å². The van der Waals surface area contributed by atoms with Gasteiger partial charge in [-0.25, -0.2) is 0 Å². The molecular formula is C14H17F3N2OS. The molecular weight excluding hydrogens is 301 g/mol. The molecule has 1 heterocycles. The van der Waals surface area contributed by atoms with Crippen LogP contribution in [0.2, 0.25) is 0 Å². The van der Waals surface area contributed by atoms with Crippen LogP contribution in [-0.4, -0.2) is 24.0 Å². The minimum absolute atomic E-state index is 0.102. The summed E-state index contributed by atoms with van der Waals surface area (Å²) in [7, 11) is 0. The number of piperidine rings is 1. The fourth-order valence-corrected chi connectivity index (χ4v) is 2.90. The number of anilines is 1. The molecule has 116 valence electrons. The average Bonchev–Trinajstić information content (AvgIpc) is 2.40. The van der Waals surface area contributed by atoms with Gasteiger partial charge in [0.15, 0.2) is 0 Å². The van der Waals surface area contributed by atoms with Gasteiger partial charge in [0.05, 0.1) is 6.04 Å². The van der Waals surface area contributed by atoms with Crippen LogP contribution in [0.1, 0.15) is 19.8 Å². The van der Waals surface area contributed by atoms with E-state index in [4.69, 9.17) is 0 Å². The summed E-state index contributed by atoms with van der Waals surface area (Å²) < 4.78 is 36.7. The van der Waals surface area contributed by atoms with E-state index in [0.717, 1.165) is 19.4 Å². The summed E-state index contributed by atoms with van der Waals surface area (Å²) in [6.45, 7) is 2.82. The summed E-state index contributed by atoms with van der Waals surface area (Å²) in [6, 6.07) is 5.43. The van der Waals surface area contributed by atoms with Crippen LogP contribution < -0.4 is 10.6 Å². The van der Waals surface area contributed by atoms with Crippen molar-refractivity contribution in [1.82, 2.24) is 5.32 Å². The second-order valence-electron chi connectivity index (χ2n) is 5.11. The topological polar surface area (TPSA) is 41.1 Å². The third-order valence-corrected chi connectivity index (χ3v) is 4.15. The molecule has 2 rings (SSSR count). The number of thioether (sulfide) groups is 1. The van der Waals surface area contributed by atoms with E-state index in [9.17, 15) is 18.0 Å². The normalized spacial score (nSPS) is 22.9. The van der Waals surface area contributed by atoms with E-state index < -0.39 is 5.51 Å². The Morgan fingerprint density at radius 1 is 1.33 bits per heavy atom. The monoisotopic (exact) mass is 318 g/mol. The Balaban J connectivity index is 1.95. The van der Waals surface area contributed by atoms with Gasteiger partial charge in [-0.2, -0.15) is 13.2 Å². The van der Waals surface area contributed by atoms with Crippen LogP contribution in [0.4, 0.5) is 18.9 Å². The van der Waals surface area contributed by atoms with Crippen LogP contribution >= 0.6 is 11.8 Å². The molecule has 1 fully saturated rings. The summed E-state index contributed by atoms with van der Waals surface area (Å²) in [6.07, 6.45) is 2.04. The number of rotatable bonds is 3. The maximum absolute atomic E-state index is 12.2. The van der Waals surface area contributed by atoms with Gasteiger partial charge in [0.1, 0.15) is 0 Å². The number of carbonyl (C=O) groups is 1. The predicted molar refractivity (Wildman–Crippen MR) is 77.2 cm³/mol. The van der Waals surface area contributed by atoms with Crippen LogP contribution in [0.25, 0.3) is 0 Å².